The van der Waals surface area contributed by atoms with Crippen LogP contribution in [-0.4, -0.2) is 21.9 Å². The third kappa shape index (κ3) is 5.33. The maximum absolute atomic E-state index is 6.13. The molecule has 1 aromatic heterocycles. The largest absolute Gasteiger partial charge is 0.353 e. The summed E-state index contributed by atoms with van der Waals surface area (Å²) in [6.45, 7) is 5.01. The van der Waals surface area contributed by atoms with Crippen LogP contribution in [0.5, 0.6) is 0 Å². The van der Waals surface area contributed by atoms with Crippen molar-refractivity contribution in [2.45, 2.75) is 25.6 Å². The van der Waals surface area contributed by atoms with Crippen LogP contribution in [0.3, 0.4) is 0 Å². The molecule has 1 unspecified atom stereocenters. The molecule has 1 N–H and O–H groups in total. The summed E-state index contributed by atoms with van der Waals surface area (Å²) in [5, 5.41) is 3.22. The zero-order chi connectivity index (χ0) is 11.3. The summed E-state index contributed by atoms with van der Waals surface area (Å²) in [5.74, 6) is 1.23. The van der Waals surface area contributed by atoms with Crippen molar-refractivity contribution in [1.29, 1.82) is 0 Å². The average molecular weight is 293 g/mol. The summed E-state index contributed by atoms with van der Waals surface area (Å²) >= 11 is 9.41. The van der Waals surface area contributed by atoms with Gasteiger partial charge in [-0.05, 0) is 28.3 Å². The number of halogens is 2. The highest BCUT2D eigenvalue weighted by Gasteiger charge is 2.07. The minimum atomic E-state index is 0.122. The van der Waals surface area contributed by atoms with Gasteiger partial charge in [-0.25, -0.2) is 9.97 Å². The molecule has 1 aromatic rings. The van der Waals surface area contributed by atoms with E-state index < -0.39 is 0 Å². The van der Waals surface area contributed by atoms with E-state index in [-0.39, 0.29) is 5.38 Å². The smallest absolute Gasteiger partial charge is 0.222 e. The molecular weight excluding hydrogens is 277 g/mol. The number of nitrogens with zero attached hydrogens (tertiary/aromatic N) is 2. The van der Waals surface area contributed by atoms with E-state index in [1.54, 1.807) is 12.4 Å². The Hall–Kier alpha value is -0.350. The molecule has 3 nitrogen and oxygen atoms in total. The van der Waals surface area contributed by atoms with Gasteiger partial charge in [0.2, 0.25) is 5.95 Å². The Morgan fingerprint density at radius 3 is 2.53 bits per heavy atom. The van der Waals surface area contributed by atoms with Crippen molar-refractivity contribution in [2.24, 2.45) is 5.92 Å². The molecule has 0 bridgehead atoms. The number of hydrogen-bond donors (Lipinski definition) is 1. The molecule has 1 heterocycles. The maximum atomic E-state index is 6.13. The second kappa shape index (κ2) is 6.28. The van der Waals surface area contributed by atoms with Crippen molar-refractivity contribution < 1.29 is 0 Å². The van der Waals surface area contributed by atoms with Crippen LogP contribution in [0.4, 0.5) is 5.95 Å². The fourth-order valence-electron chi connectivity index (χ4n) is 1.20. The summed E-state index contributed by atoms with van der Waals surface area (Å²) in [7, 11) is 0. The first-order valence-corrected chi connectivity index (χ1v) is 6.16. The van der Waals surface area contributed by atoms with Crippen molar-refractivity contribution >= 4 is 33.5 Å². The minimum Gasteiger partial charge on any atom is -0.353 e. The molecule has 0 fully saturated rings. The molecule has 0 saturated heterocycles. The van der Waals surface area contributed by atoms with Crippen LogP contribution in [0.1, 0.15) is 20.3 Å². The normalized spacial score (nSPS) is 12.9. The van der Waals surface area contributed by atoms with E-state index in [0.717, 1.165) is 10.9 Å². The molecule has 0 spiro atoms. The van der Waals surface area contributed by atoms with Gasteiger partial charge in [0.25, 0.3) is 0 Å². The van der Waals surface area contributed by atoms with E-state index in [4.69, 9.17) is 11.6 Å². The van der Waals surface area contributed by atoms with Crippen LogP contribution in [0.2, 0.25) is 0 Å². The number of nitrogens with one attached hydrogen (secondary N) is 1. The van der Waals surface area contributed by atoms with Gasteiger partial charge >= 0.3 is 0 Å². The van der Waals surface area contributed by atoms with Crippen LogP contribution in [-0.2, 0) is 0 Å². The second-order valence-corrected chi connectivity index (χ2v) is 5.37. The Labute approximate surface area is 104 Å². The van der Waals surface area contributed by atoms with Gasteiger partial charge in [0, 0.05) is 18.9 Å². The highest BCUT2D eigenvalue weighted by Crippen LogP contribution is 2.12. The maximum Gasteiger partial charge on any atom is 0.222 e. The fourth-order valence-corrected chi connectivity index (χ4v) is 1.84. The van der Waals surface area contributed by atoms with E-state index in [9.17, 15) is 0 Å². The Morgan fingerprint density at radius 2 is 2.00 bits per heavy atom. The Bertz CT molecular complexity index is 289. The number of rotatable bonds is 5. The summed E-state index contributed by atoms with van der Waals surface area (Å²) in [5.41, 5.74) is 0. The first kappa shape index (κ1) is 12.7. The number of anilines is 1. The second-order valence-electron chi connectivity index (χ2n) is 3.83. The number of alkyl halides is 1. The lowest BCUT2D eigenvalue weighted by Gasteiger charge is -2.12. The van der Waals surface area contributed by atoms with Crippen LogP contribution < -0.4 is 5.32 Å². The highest BCUT2D eigenvalue weighted by molar-refractivity contribution is 9.10. The van der Waals surface area contributed by atoms with E-state index in [2.05, 4.69) is 45.1 Å². The van der Waals surface area contributed by atoms with Crippen molar-refractivity contribution in [3.63, 3.8) is 0 Å². The summed E-state index contributed by atoms with van der Waals surface area (Å²) < 4.78 is 0.873. The van der Waals surface area contributed by atoms with Gasteiger partial charge in [0.1, 0.15) is 0 Å². The van der Waals surface area contributed by atoms with E-state index in [0.29, 0.717) is 18.4 Å². The molecule has 0 aliphatic rings. The third-order valence-electron chi connectivity index (χ3n) is 1.83. The lowest BCUT2D eigenvalue weighted by Crippen LogP contribution is -2.17. The molecule has 5 heteroatoms. The summed E-state index contributed by atoms with van der Waals surface area (Å²) in [6.07, 6.45) is 4.41. The Kier molecular flexibility index (Phi) is 5.32. The van der Waals surface area contributed by atoms with Gasteiger partial charge in [-0.1, -0.05) is 13.8 Å². The minimum absolute atomic E-state index is 0.122. The van der Waals surface area contributed by atoms with Gasteiger partial charge in [-0.15, -0.1) is 11.6 Å². The molecule has 15 heavy (non-hydrogen) atoms. The molecular formula is C10H15BrClN3. The fraction of sp³-hybridized carbons (Fsp3) is 0.600. The van der Waals surface area contributed by atoms with Gasteiger partial charge < -0.3 is 5.32 Å². The van der Waals surface area contributed by atoms with Crippen molar-refractivity contribution in [2.75, 3.05) is 11.9 Å². The molecule has 0 aliphatic heterocycles. The number of hydrogen-bond acceptors (Lipinski definition) is 3. The van der Waals surface area contributed by atoms with Gasteiger partial charge in [0.15, 0.2) is 0 Å². The third-order valence-corrected chi connectivity index (χ3v) is 2.57. The van der Waals surface area contributed by atoms with Crippen molar-refractivity contribution in [3.05, 3.63) is 16.9 Å². The van der Waals surface area contributed by atoms with Crippen LogP contribution in [0.25, 0.3) is 0 Å². The average Bonchev–Trinajstić information content (AvgIpc) is 2.16. The summed E-state index contributed by atoms with van der Waals surface area (Å²) in [4.78, 5) is 8.20. The van der Waals surface area contributed by atoms with Crippen molar-refractivity contribution in [1.82, 2.24) is 9.97 Å². The SMILES string of the molecule is CC(C)CC(Cl)CNc1ncc(Br)cn1. The molecule has 84 valence electrons. The van der Waals surface area contributed by atoms with Gasteiger partial charge in [-0.2, -0.15) is 0 Å². The van der Waals surface area contributed by atoms with Crippen LogP contribution in [0.15, 0.2) is 16.9 Å². The molecule has 1 atom stereocenters. The Balaban J connectivity index is 2.33. The van der Waals surface area contributed by atoms with Crippen molar-refractivity contribution in [3.8, 4) is 0 Å². The monoisotopic (exact) mass is 291 g/mol. The van der Waals surface area contributed by atoms with E-state index in [1.807, 2.05) is 0 Å². The first-order chi connectivity index (χ1) is 7.08. The standard InChI is InChI=1S/C10H15BrClN3/c1-7(2)3-9(12)6-15-10-13-4-8(11)5-14-10/h4-5,7,9H,3,6H2,1-2H3,(H,13,14,15). The van der Waals surface area contributed by atoms with Gasteiger partial charge in [-0.3, -0.25) is 0 Å². The lowest BCUT2D eigenvalue weighted by atomic mass is 10.1. The topological polar surface area (TPSA) is 37.8 Å². The zero-order valence-electron chi connectivity index (χ0n) is 8.87. The lowest BCUT2D eigenvalue weighted by molar-refractivity contribution is 0.571. The van der Waals surface area contributed by atoms with Crippen LogP contribution >= 0.6 is 27.5 Å². The molecule has 0 radical (unpaired) electrons. The Morgan fingerprint density at radius 1 is 1.40 bits per heavy atom. The number of aromatic nitrogens is 2. The molecule has 0 aromatic carbocycles. The van der Waals surface area contributed by atoms with Crippen LogP contribution in [0, 0.1) is 5.92 Å². The zero-order valence-corrected chi connectivity index (χ0v) is 11.2. The molecule has 0 aliphatic carbocycles. The first-order valence-electron chi connectivity index (χ1n) is 4.93. The predicted octanol–water partition coefficient (Wildman–Crippen LogP) is 3.30. The molecule has 0 saturated carbocycles. The molecule has 1 rings (SSSR count). The predicted molar refractivity (Wildman–Crippen MR) is 67.3 cm³/mol. The quantitative estimate of drug-likeness (QED) is 0.846. The van der Waals surface area contributed by atoms with Gasteiger partial charge in [0.05, 0.1) is 9.85 Å². The molecule has 0 amide bonds. The van der Waals surface area contributed by atoms with E-state index in [1.165, 1.54) is 0 Å². The van der Waals surface area contributed by atoms with E-state index >= 15 is 0 Å². The highest BCUT2D eigenvalue weighted by atomic mass is 79.9. The summed E-state index contributed by atoms with van der Waals surface area (Å²) in [6, 6.07) is 0.